The lowest BCUT2D eigenvalue weighted by Crippen LogP contribution is -2.51. The predicted molar refractivity (Wildman–Crippen MR) is 91.1 cm³/mol. The first-order valence-corrected chi connectivity index (χ1v) is 8.08. The van der Waals surface area contributed by atoms with Crippen LogP contribution in [0, 0.1) is 0 Å². The third-order valence-corrected chi connectivity index (χ3v) is 4.31. The number of amides is 2. The summed E-state index contributed by atoms with van der Waals surface area (Å²) in [6.45, 7) is 2.03. The number of pyridine rings is 1. The number of halogens is 1. The van der Waals surface area contributed by atoms with Gasteiger partial charge in [-0.25, -0.2) is 0 Å². The van der Waals surface area contributed by atoms with E-state index >= 15 is 0 Å². The zero-order valence-electron chi connectivity index (χ0n) is 13.4. The lowest BCUT2D eigenvalue weighted by atomic mass is 10.1. The first kappa shape index (κ1) is 16.7. The van der Waals surface area contributed by atoms with Crippen molar-refractivity contribution in [1.82, 2.24) is 14.8 Å². The van der Waals surface area contributed by atoms with Gasteiger partial charge in [0.1, 0.15) is 6.61 Å². The van der Waals surface area contributed by atoms with Gasteiger partial charge in [-0.1, -0.05) is 17.7 Å². The molecule has 1 fully saturated rings. The van der Waals surface area contributed by atoms with Gasteiger partial charge < -0.3 is 14.5 Å². The highest BCUT2D eigenvalue weighted by Crippen LogP contribution is 2.24. The first-order valence-electron chi connectivity index (χ1n) is 7.70. The molecular formula is C17H18ClN3O3. The van der Waals surface area contributed by atoms with Crippen molar-refractivity contribution in [3.05, 3.63) is 41.0 Å². The maximum atomic E-state index is 12.9. The van der Waals surface area contributed by atoms with Crippen LogP contribution in [0.1, 0.15) is 10.4 Å². The lowest BCUT2D eigenvalue weighted by molar-refractivity contribution is -0.136. The minimum absolute atomic E-state index is 0.0560. The maximum absolute atomic E-state index is 12.9. The van der Waals surface area contributed by atoms with E-state index in [0.29, 0.717) is 42.3 Å². The SMILES string of the molecule is COCC(=O)N1CCN(C(=O)c2cc(Cl)cc3cccnc23)CC1. The molecule has 1 aliphatic heterocycles. The summed E-state index contributed by atoms with van der Waals surface area (Å²) in [6.07, 6.45) is 1.66. The monoisotopic (exact) mass is 347 g/mol. The van der Waals surface area contributed by atoms with Gasteiger partial charge in [-0.2, -0.15) is 0 Å². The van der Waals surface area contributed by atoms with Crippen LogP contribution < -0.4 is 0 Å². The number of carbonyl (C=O) groups is 2. The highest BCUT2D eigenvalue weighted by atomic mass is 35.5. The maximum Gasteiger partial charge on any atom is 0.256 e. The van der Waals surface area contributed by atoms with Crippen molar-refractivity contribution < 1.29 is 14.3 Å². The third kappa shape index (κ3) is 3.34. The molecule has 0 spiro atoms. The van der Waals surface area contributed by atoms with E-state index in [4.69, 9.17) is 16.3 Å². The number of piperazine rings is 1. The molecule has 24 heavy (non-hydrogen) atoms. The quantitative estimate of drug-likeness (QED) is 0.849. The Morgan fingerprint density at radius 1 is 1.21 bits per heavy atom. The van der Waals surface area contributed by atoms with Gasteiger partial charge in [0.15, 0.2) is 0 Å². The average molecular weight is 348 g/mol. The molecule has 1 aliphatic rings. The summed E-state index contributed by atoms with van der Waals surface area (Å²) in [6, 6.07) is 7.14. The molecule has 1 aromatic carbocycles. The topological polar surface area (TPSA) is 62.7 Å². The number of ether oxygens (including phenoxy) is 1. The van der Waals surface area contributed by atoms with E-state index in [2.05, 4.69) is 4.98 Å². The number of hydrogen-bond acceptors (Lipinski definition) is 4. The second-order valence-electron chi connectivity index (χ2n) is 5.63. The van der Waals surface area contributed by atoms with Crippen molar-refractivity contribution in [1.29, 1.82) is 0 Å². The summed E-state index contributed by atoms with van der Waals surface area (Å²) in [5.74, 6) is -0.167. The molecule has 0 radical (unpaired) electrons. The van der Waals surface area contributed by atoms with Crippen LogP contribution >= 0.6 is 11.6 Å². The molecule has 2 amide bonds. The van der Waals surface area contributed by atoms with Gasteiger partial charge in [-0.05, 0) is 18.2 Å². The van der Waals surface area contributed by atoms with E-state index in [1.165, 1.54) is 7.11 Å². The van der Waals surface area contributed by atoms with Crippen LogP contribution in [0.25, 0.3) is 10.9 Å². The first-order chi connectivity index (χ1) is 11.6. The van der Waals surface area contributed by atoms with Crippen LogP contribution in [0.4, 0.5) is 0 Å². The molecule has 0 N–H and O–H groups in total. The minimum atomic E-state index is -0.111. The Morgan fingerprint density at radius 2 is 1.92 bits per heavy atom. The van der Waals surface area contributed by atoms with Gasteiger partial charge in [0, 0.05) is 49.9 Å². The van der Waals surface area contributed by atoms with Crippen molar-refractivity contribution in [2.75, 3.05) is 39.9 Å². The molecule has 0 aliphatic carbocycles. The van der Waals surface area contributed by atoms with E-state index in [-0.39, 0.29) is 18.4 Å². The van der Waals surface area contributed by atoms with Crippen molar-refractivity contribution in [3.8, 4) is 0 Å². The summed E-state index contributed by atoms with van der Waals surface area (Å²) in [5.41, 5.74) is 1.14. The van der Waals surface area contributed by atoms with Crippen molar-refractivity contribution in [3.63, 3.8) is 0 Å². The zero-order valence-corrected chi connectivity index (χ0v) is 14.1. The second kappa shape index (κ2) is 7.15. The number of carbonyl (C=O) groups excluding carboxylic acids is 2. The van der Waals surface area contributed by atoms with Gasteiger partial charge in [-0.3, -0.25) is 14.6 Å². The fraction of sp³-hybridized carbons (Fsp3) is 0.353. The Bertz CT molecular complexity index is 773. The van der Waals surface area contributed by atoms with Crippen LogP contribution in [0.5, 0.6) is 0 Å². The van der Waals surface area contributed by atoms with Crippen LogP contribution in [0.15, 0.2) is 30.5 Å². The summed E-state index contributed by atoms with van der Waals surface area (Å²) >= 11 is 6.14. The summed E-state index contributed by atoms with van der Waals surface area (Å²) < 4.78 is 4.87. The van der Waals surface area contributed by atoms with E-state index in [9.17, 15) is 9.59 Å². The molecule has 0 saturated carbocycles. The lowest BCUT2D eigenvalue weighted by Gasteiger charge is -2.34. The number of methoxy groups -OCH3 is 1. The number of rotatable bonds is 3. The molecule has 7 heteroatoms. The van der Waals surface area contributed by atoms with Crippen LogP contribution in [-0.2, 0) is 9.53 Å². The normalized spacial score (nSPS) is 14.9. The molecule has 0 unspecified atom stereocenters. The number of benzene rings is 1. The Kier molecular flexibility index (Phi) is 4.97. The molecule has 1 aromatic heterocycles. The van der Waals surface area contributed by atoms with Crippen molar-refractivity contribution in [2.45, 2.75) is 0 Å². The molecule has 2 heterocycles. The number of nitrogens with zero attached hydrogens (tertiary/aromatic N) is 3. The average Bonchev–Trinajstić information content (AvgIpc) is 2.60. The number of hydrogen-bond donors (Lipinski definition) is 0. The molecular weight excluding hydrogens is 330 g/mol. The van der Waals surface area contributed by atoms with E-state index in [0.717, 1.165) is 5.39 Å². The Balaban J connectivity index is 1.78. The smallest absolute Gasteiger partial charge is 0.256 e. The minimum Gasteiger partial charge on any atom is -0.375 e. The third-order valence-electron chi connectivity index (χ3n) is 4.09. The van der Waals surface area contributed by atoms with Crippen LogP contribution in [0.2, 0.25) is 5.02 Å². The Morgan fingerprint density at radius 3 is 2.62 bits per heavy atom. The molecule has 6 nitrogen and oxygen atoms in total. The Labute approximate surface area is 145 Å². The predicted octanol–water partition coefficient (Wildman–Crippen LogP) is 1.82. The molecule has 1 saturated heterocycles. The van der Waals surface area contributed by atoms with E-state index in [1.54, 1.807) is 28.1 Å². The highest BCUT2D eigenvalue weighted by molar-refractivity contribution is 6.32. The summed E-state index contributed by atoms with van der Waals surface area (Å²) in [5, 5.41) is 1.34. The fourth-order valence-electron chi connectivity index (χ4n) is 2.86. The fourth-order valence-corrected chi connectivity index (χ4v) is 3.09. The van der Waals surface area contributed by atoms with Crippen LogP contribution in [0.3, 0.4) is 0 Å². The molecule has 0 bridgehead atoms. The second-order valence-corrected chi connectivity index (χ2v) is 6.07. The van der Waals surface area contributed by atoms with Gasteiger partial charge in [0.2, 0.25) is 5.91 Å². The standard InChI is InChI=1S/C17H18ClN3O3/c1-24-11-15(22)20-5-7-21(8-6-20)17(23)14-10-13(18)9-12-3-2-4-19-16(12)14/h2-4,9-10H,5-8,11H2,1H3. The number of fused-ring (bicyclic) bond motifs is 1. The summed E-state index contributed by atoms with van der Waals surface area (Å²) in [7, 11) is 1.49. The molecule has 2 aromatic rings. The van der Waals surface area contributed by atoms with Crippen LogP contribution in [-0.4, -0.2) is 66.5 Å². The van der Waals surface area contributed by atoms with Gasteiger partial charge in [0.25, 0.3) is 5.91 Å². The zero-order chi connectivity index (χ0) is 17.1. The molecule has 0 atom stereocenters. The van der Waals surface area contributed by atoms with Crippen molar-refractivity contribution >= 4 is 34.3 Å². The van der Waals surface area contributed by atoms with Gasteiger partial charge in [0.05, 0.1) is 11.1 Å². The molecule has 126 valence electrons. The van der Waals surface area contributed by atoms with Gasteiger partial charge in [-0.15, -0.1) is 0 Å². The largest absolute Gasteiger partial charge is 0.375 e. The summed E-state index contributed by atoms with van der Waals surface area (Å²) in [4.78, 5) is 32.5. The van der Waals surface area contributed by atoms with E-state index < -0.39 is 0 Å². The van der Waals surface area contributed by atoms with Crippen molar-refractivity contribution in [2.24, 2.45) is 0 Å². The Hall–Kier alpha value is -2.18. The molecule has 3 rings (SSSR count). The van der Waals surface area contributed by atoms with Gasteiger partial charge >= 0.3 is 0 Å². The van der Waals surface area contributed by atoms with E-state index in [1.807, 2.05) is 12.1 Å². The number of aromatic nitrogens is 1. The highest BCUT2D eigenvalue weighted by Gasteiger charge is 2.26.